The molecule has 0 aliphatic heterocycles. The molecule has 3 rings (SSSR count). The zero-order valence-electron chi connectivity index (χ0n) is 12.2. The first-order valence-corrected chi connectivity index (χ1v) is 8.99. The maximum Gasteiger partial charge on any atom is 0.260 e. The summed E-state index contributed by atoms with van der Waals surface area (Å²) in [5, 5.41) is 9.46. The molecule has 120 valence electrons. The van der Waals surface area contributed by atoms with Gasteiger partial charge in [-0.25, -0.2) is 18.1 Å². The first-order valence-electron chi connectivity index (χ1n) is 7.13. The van der Waals surface area contributed by atoms with E-state index in [0.29, 0.717) is 12.1 Å². The summed E-state index contributed by atoms with van der Waals surface area (Å²) in [4.78, 5) is 4.07. The van der Waals surface area contributed by atoms with Crippen LogP contribution < -0.4 is 4.72 Å². The van der Waals surface area contributed by atoms with Crippen molar-refractivity contribution in [2.24, 2.45) is 5.41 Å². The molecule has 1 aliphatic carbocycles. The van der Waals surface area contributed by atoms with Gasteiger partial charge in [0.15, 0.2) is 10.2 Å². The minimum atomic E-state index is -3.83. The van der Waals surface area contributed by atoms with E-state index in [1.54, 1.807) is 24.4 Å². The van der Waals surface area contributed by atoms with Crippen LogP contribution in [-0.4, -0.2) is 35.6 Å². The molecule has 2 unspecified atom stereocenters. The van der Waals surface area contributed by atoms with E-state index in [1.807, 2.05) is 6.92 Å². The molecule has 2 aromatic rings. The maximum atomic E-state index is 12.7. The molecule has 2 atom stereocenters. The van der Waals surface area contributed by atoms with E-state index in [0.717, 1.165) is 12.8 Å². The van der Waals surface area contributed by atoms with Crippen molar-refractivity contribution in [2.45, 2.75) is 37.3 Å². The predicted octanol–water partition coefficient (Wildman–Crippen LogP) is 1.82. The molecule has 1 saturated carbocycles. The lowest BCUT2D eigenvalue weighted by Gasteiger charge is -2.29. The van der Waals surface area contributed by atoms with Crippen molar-refractivity contribution in [1.82, 2.24) is 14.1 Å². The molecule has 0 bridgehead atoms. The molecular formula is C14H18ClN3O3S. The zero-order valence-corrected chi connectivity index (χ0v) is 13.7. The standard InChI is InChI=1S/C14H18ClN3O3S/c1-14(9-19)7-4-5-10(14)17-22(20,21)13-12(15)16-11-6-2-3-8-18(11)13/h2-3,6,8,10,17,19H,4-5,7,9H2,1H3. The first kappa shape index (κ1) is 15.7. The molecule has 1 fully saturated rings. The average Bonchev–Trinajstić information content (AvgIpc) is 2.99. The third-order valence-corrected chi connectivity index (χ3v) is 6.31. The van der Waals surface area contributed by atoms with E-state index in [4.69, 9.17) is 11.6 Å². The van der Waals surface area contributed by atoms with E-state index in [-0.39, 0.29) is 22.8 Å². The van der Waals surface area contributed by atoms with Crippen LogP contribution in [0.4, 0.5) is 0 Å². The molecule has 6 nitrogen and oxygen atoms in total. The number of pyridine rings is 1. The second-order valence-electron chi connectivity index (χ2n) is 6.01. The summed E-state index contributed by atoms with van der Waals surface area (Å²) in [6.07, 6.45) is 3.98. The van der Waals surface area contributed by atoms with Crippen molar-refractivity contribution in [3.05, 3.63) is 29.5 Å². The Labute approximate surface area is 134 Å². The van der Waals surface area contributed by atoms with Gasteiger partial charge in [0.2, 0.25) is 0 Å². The molecule has 0 spiro atoms. The molecule has 8 heteroatoms. The van der Waals surface area contributed by atoms with Crippen LogP contribution in [0.25, 0.3) is 5.65 Å². The fourth-order valence-electron chi connectivity index (χ4n) is 3.05. The number of nitrogens with zero attached hydrogens (tertiary/aromatic N) is 2. The Kier molecular flexibility index (Phi) is 3.92. The first-order chi connectivity index (χ1) is 10.4. The Balaban J connectivity index is 2.01. The van der Waals surface area contributed by atoms with Gasteiger partial charge in [-0.3, -0.25) is 4.40 Å². The second-order valence-corrected chi connectivity index (χ2v) is 8.00. The molecule has 0 saturated heterocycles. The molecule has 0 amide bonds. The van der Waals surface area contributed by atoms with Crippen molar-refractivity contribution in [3.8, 4) is 0 Å². The fourth-order valence-corrected chi connectivity index (χ4v) is 5.10. The quantitative estimate of drug-likeness (QED) is 0.887. The third-order valence-electron chi connectivity index (χ3n) is 4.44. The fraction of sp³-hybridized carbons (Fsp3) is 0.500. The van der Waals surface area contributed by atoms with Crippen LogP contribution in [0.5, 0.6) is 0 Å². The van der Waals surface area contributed by atoms with Crippen LogP contribution in [0, 0.1) is 5.41 Å². The van der Waals surface area contributed by atoms with E-state index in [1.165, 1.54) is 4.40 Å². The molecule has 2 heterocycles. The number of halogens is 1. The summed E-state index contributed by atoms with van der Waals surface area (Å²) >= 11 is 6.04. The van der Waals surface area contributed by atoms with Gasteiger partial charge in [-0.15, -0.1) is 0 Å². The lowest BCUT2D eigenvalue weighted by Crippen LogP contribution is -2.45. The number of sulfonamides is 1. The SMILES string of the molecule is CC1(CO)CCCC1NS(=O)(=O)c1c(Cl)nc2ccccn12. The van der Waals surface area contributed by atoms with Gasteiger partial charge in [0.05, 0.1) is 0 Å². The molecule has 22 heavy (non-hydrogen) atoms. The Morgan fingerprint density at radius 2 is 2.32 bits per heavy atom. The average molecular weight is 344 g/mol. The summed E-state index contributed by atoms with van der Waals surface area (Å²) in [7, 11) is -3.83. The minimum absolute atomic E-state index is 0.0533. The Morgan fingerprint density at radius 3 is 3.05 bits per heavy atom. The summed E-state index contributed by atoms with van der Waals surface area (Å²) in [6, 6.07) is 4.87. The highest BCUT2D eigenvalue weighted by Gasteiger charge is 2.41. The highest BCUT2D eigenvalue weighted by atomic mass is 35.5. The maximum absolute atomic E-state index is 12.7. The third kappa shape index (κ3) is 2.52. The van der Waals surface area contributed by atoms with Gasteiger partial charge in [-0.05, 0) is 25.0 Å². The number of hydrogen-bond acceptors (Lipinski definition) is 4. The Hall–Kier alpha value is -1.15. The van der Waals surface area contributed by atoms with Crippen molar-refractivity contribution in [1.29, 1.82) is 0 Å². The van der Waals surface area contributed by atoms with Crippen LogP contribution in [-0.2, 0) is 10.0 Å². The summed E-state index contributed by atoms with van der Waals surface area (Å²) in [5.41, 5.74) is 0.0317. The number of fused-ring (bicyclic) bond motifs is 1. The number of rotatable bonds is 4. The largest absolute Gasteiger partial charge is 0.396 e. The van der Waals surface area contributed by atoms with E-state index < -0.39 is 15.4 Å². The summed E-state index contributed by atoms with van der Waals surface area (Å²) in [6.45, 7) is 1.84. The predicted molar refractivity (Wildman–Crippen MR) is 83.4 cm³/mol. The number of hydrogen-bond donors (Lipinski definition) is 2. The highest BCUT2D eigenvalue weighted by molar-refractivity contribution is 7.89. The van der Waals surface area contributed by atoms with Crippen LogP contribution in [0.2, 0.25) is 5.15 Å². The van der Waals surface area contributed by atoms with Crippen LogP contribution in [0.15, 0.2) is 29.4 Å². The van der Waals surface area contributed by atoms with Crippen molar-refractivity contribution >= 4 is 27.3 Å². The van der Waals surface area contributed by atoms with Crippen LogP contribution in [0.3, 0.4) is 0 Å². The normalized spacial score (nSPS) is 25.9. The zero-order chi connectivity index (χ0) is 16.0. The Bertz CT molecular complexity index is 805. The molecular weight excluding hydrogens is 326 g/mol. The highest BCUT2D eigenvalue weighted by Crippen LogP contribution is 2.38. The van der Waals surface area contributed by atoms with Crippen LogP contribution in [0.1, 0.15) is 26.2 Å². The number of imidazole rings is 1. The van der Waals surface area contributed by atoms with Gasteiger partial charge in [0.25, 0.3) is 10.0 Å². The lowest BCUT2D eigenvalue weighted by atomic mass is 9.86. The van der Waals surface area contributed by atoms with Gasteiger partial charge in [-0.1, -0.05) is 31.0 Å². The molecule has 0 aromatic carbocycles. The summed E-state index contributed by atoms with van der Waals surface area (Å²) in [5.74, 6) is 0. The summed E-state index contributed by atoms with van der Waals surface area (Å²) < 4.78 is 29.7. The number of nitrogens with one attached hydrogen (secondary N) is 1. The van der Waals surface area contributed by atoms with Crippen molar-refractivity contribution in [3.63, 3.8) is 0 Å². The molecule has 0 radical (unpaired) electrons. The molecule has 1 aliphatic rings. The van der Waals surface area contributed by atoms with Gasteiger partial charge < -0.3 is 5.11 Å². The monoisotopic (exact) mass is 343 g/mol. The second kappa shape index (κ2) is 5.49. The van der Waals surface area contributed by atoms with E-state index in [2.05, 4.69) is 9.71 Å². The van der Waals surface area contributed by atoms with Gasteiger partial charge in [-0.2, -0.15) is 0 Å². The smallest absolute Gasteiger partial charge is 0.260 e. The Morgan fingerprint density at radius 1 is 1.55 bits per heavy atom. The number of aliphatic hydroxyl groups excluding tert-OH is 1. The van der Waals surface area contributed by atoms with Crippen LogP contribution >= 0.6 is 11.6 Å². The minimum Gasteiger partial charge on any atom is -0.396 e. The van der Waals surface area contributed by atoms with Gasteiger partial charge >= 0.3 is 0 Å². The van der Waals surface area contributed by atoms with Crippen molar-refractivity contribution < 1.29 is 13.5 Å². The van der Waals surface area contributed by atoms with Crippen molar-refractivity contribution in [2.75, 3.05) is 6.61 Å². The molecule has 2 N–H and O–H groups in total. The van der Waals surface area contributed by atoms with E-state index in [9.17, 15) is 13.5 Å². The molecule has 2 aromatic heterocycles. The topological polar surface area (TPSA) is 83.7 Å². The number of aromatic nitrogens is 2. The van der Waals surface area contributed by atoms with E-state index >= 15 is 0 Å². The lowest BCUT2D eigenvalue weighted by molar-refractivity contribution is 0.127. The van der Waals surface area contributed by atoms with Gasteiger partial charge in [0, 0.05) is 24.3 Å². The van der Waals surface area contributed by atoms with Gasteiger partial charge in [0.1, 0.15) is 5.65 Å². The number of aliphatic hydroxyl groups is 1.